The van der Waals surface area contributed by atoms with E-state index in [2.05, 4.69) is 10.7 Å². The number of nitrogens with one attached hydrogen (secondary N) is 2. The first-order valence-corrected chi connectivity index (χ1v) is 8.64. The number of urea groups is 1. The van der Waals surface area contributed by atoms with Gasteiger partial charge < -0.3 is 5.32 Å². The summed E-state index contributed by atoms with van der Waals surface area (Å²) in [6, 6.07) is 18.0. The second-order valence-electron chi connectivity index (χ2n) is 6.75. The normalized spacial score (nSPS) is 19.3. The van der Waals surface area contributed by atoms with Gasteiger partial charge in [0.25, 0.3) is 11.8 Å². The summed E-state index contributed by atoms with van der Waals surface area (Å²) in [5, 5.41) is 3.41. The van der Waals surface area contributed by atoms with Crippen LogP contribution in [-0.2, 0) is 21.7 Å². The largest absolute Gasteiger partial charge is 0.344 e. The van der Waals surface area contributed by atoms with Crippen molar-refractivity contribution >= 4 is 17.8 Å². The van der Waals surface area contributed by atoms with Crippen molar-refractivity contribution in [2.45, 2.75) is 19.0 Å². The molecule has 27 heavy (non-hydrogen) atoms. The molecule has 2 aromatic carbocycles. The fourth-order valence-electron chi connectivity index (χ4n) is 3.06. The van der Waals surface area contributed by atoms with E-state index in [1.54, 1.807) is 43.1 Å². The van der Waals surface area contributed by atoms with Crippen molar-refractivity contribution < 1.29 is 14.4 Å². The molecule has 1 saturated heterocycles. The van der Waals surface area contributed by atoms with Gasteiger partial charge in [0.1, 0.15) is 5.54 Å². The molecule has 3 rings (SSSR count). The molecule has 1 aliphatic rings. The third-order valence-electron chi connectivity index (χ3n) is 4.49. The maximum atomic E-state index is 12.8. The molecular weight excluding hydrogens is 344 g/mol. The molecular formula is C20H22N4O3. The lowest BCUT2D eigenvalue weighted by Gasteiger charge is -2.22. The van der Waals surface area contributed by atoms with Crippen LogP contribution in [0.1, 0.15) is 18.1 Å². The first-order valence-electron chi connectivity index (χ1n) is 8.64. The molecule has 0 radical (unpaired) electrons. The number of hydrogen-bond acceptors (Lipinski definition) is 4. The fraction of sp³-hybridized carbons (Fsp3) is 0.250. The van der Waals surface area contributed by atoms with E-state index < -0.39 is 23.4 Å². The molecule has 140 valence electrons. The molecule has 7 heteroatoms. The molecule has 1 fully saturated rings. The Labute approximate surface area is 157 Å². The van der Waals surface area contributed by atoms with Crippen molar-refractivity contribution in [3.05, 3.63) is 71.8 Å². The van der Waals surface area contributed by atoms with Crippen molar-refractivity contribution in [1.82, 2.24) is 20.7 Å². The summed E-state index contributed by atoms with van der Waals surface area (Å²) in [5.41, 5.74) is 2.93. The number of carbonyl (C=O) groups excluding carboxylic acids is 3. The van der Waals surface area contributed by atoms with Gasteiger partial charge in [-0.1, -0.05) is 60.7 Å². The molecule has 0 aliphatic carbocycles. The highest BCUT2D eigenvalue weighted by Crippen LogP contribution is 2.27. The van der Waals surface area contributed by atoms with Gasteiger partial charge >= 0.3 is 6.03 Å². The Kier molecular flexibility index (Phi) is 5.23. The molecule has 2 N–H and O–H groups in total. The van der Waals surface area contributed by atoms with Crippen LogP contribution in [0.2, 0.25) is 0 Å². The van der Waals surface area contributed by atoms with E-state index in [9.17, 15) is 14.4 Å². The second-order valence-corrected chi connectivity index (χ2v) is 6.75. The molecule has 4 amide bonds. The fourth-order valence-corrected chi connectivity index (χ4v) is 3.06. The van der Waals surface area contributed by atoms with Crippen LogP contribution >= 0.6 is 0 Å². The quantitative estimate of drug-likeness (QED) is 0.761. The lowest BCUT2D eigenvalue weighted by molar-refractivity contribution is -0.139. The van der Waals surface area contributed by atoms with E-state index in [0.717, 1.165) is 10.6 Å². The smallest absolute Gasteiger partial charge is 0.318 e. The number of likely N-dealkylation sites (N-methyl/N-ethyl adjacent to an activating group) is 1. The first-order chi connectivity index (χ1) is 12.9. The Hall–Kier alpha value is -3.19. The molecule has 0 saturated carbocycles. The predicted octanol–water partition coefficient (Wildman–Crippen LogP) is 1.62. The first kappa shape index (κ1) is 18.6. The van der Waals surface area contributed by atoms with Crippen LogP contribution in [0.25, 0.3) is 0 Å². The molecule has 7 nitrogen and oxygen atoms in total. The monoisotopic (exact) mass is 366 g/mol. The van der Waals surface area contributed by atoms with Crippen LogP contribution in [0.4, 0.5) is 4.79 Å². The van der Waals surface area contributed by atoms with E-state index in [-0.39, 0.29) is 6.54 Å². The van der Waals surface area contributed by atoms with Gasteiger partial charge in [-0.05, 0) is 25.1 Å². The number of rotatable bonds is 6. The van der Waals surface area contributed by atoms with Crippen LogP contribution in [0.5, 0.6) is 0 Å². The third-order valence-corrected chi connectivity index (χ3v) is 4.49. The standard InChI is InChI=1S/C20H22N4O3/c1-20(16-11-7-4-8-12-16)18(26)24(19(27)21-20)22-17(25)14-23(2)13-15-9-5-3-6-10-15/h3-12H,13-14H2,1-2H3,(H,21,27)(H,22,25)/t20-/m1/s1. The van der Waals surface area contributed by atoms with Gasteiger partial charge in [-0.15, -0.1) is 0 Å². The predicted molar refractivity (Wildman–Crippen MR) is 100 cm³/mol. The minimum Gasteiger partial charge on any atom is -0.318 e. The highest BCUT2D eigenvalue weighted by Gasteiger charge is 2.49. The van der Waals surface area contributed by atoms with E-state index in [0.29, 0.717) is 12.1 Å². The number of imide groups is 1. The Balaban J connectivity index is 1.62. The zero-order valence-electron chi connectivity index (χ0n) is 15.3. The van der Waals surface area contributed by atoms with Gasteiger partial charge in [-0.3, -0.25) is 19.9 Å². The summed E-state index contributed by atoms with van der Waals surface area (Å²) in [5.74, 6) is -0.952. The summed E-state index contributed by atoms with van der Waals surface area (Å²) < 4.78 is 0. The van der Waals surface area contributed by atoms with E-state index in [4.69, 9.17) is 0 Å². The highest BCUT2D eigenvalue weighted by atomic mass is 16.2. The van der Waals surface area contributed by atoms with Crippen molar-refractivity contribution in [2.75, 3.05) is 13.6 Å². The Bertz CT molecular complexity index is 841. The number of hydrogen-bond donors (Lipinski definition) is 2. The van der Waals surface area contributed by atoms with Crippen molar-refractivity contribution in [3.63, 3.8) is 0 Å². The molecule has 2 aromatic rings. The number of benzene rings is 2. The van der Waals surface area contributed by atoms with E-state index in [1.165, 1.54) is 0 Å². The lowest BCUT2D eigenvalue weighted by Crippen LogP contribution is -2.50. The minimum atomic E-state index is -1.21. The molecule has 0 aromatic heterocycles. The Morgan fingerprint density at radius 3 is 2.30 bits per heavy atom. The number of amides is 4. The van der Waals surface area contributed by atoms with Crippen molar-refractivity contribution in [1.29, 1.82) is 0 Å². The number of carbonyl (C=O) groups is 3. The average Bonchev–Trinajstić information content (AvgIpc) is 2.87. The maximum Gasteiger partial charge on any atom is 0.344 e. The third kappa shape index (κ3) is 3.98. The lowest BCUT2D eigenvalue weighted by atomic mass is 9.92. The number of nitrogens with zero attached hydrogens (tertiary/aromatic N) is 2. The summed E-state index contributed by atoms with van der Waals surface area (Å²) in [6.07, 6.45) is 0. The average molecular weight is 366 g/mol. The highest BCUT2D eigenvalue weighted by molar-refractivity contribution is 6.08. The van der Waals surface area contributed by atoms with Crippen LogP contribution in [0.3, 0.4) is 0 Å². The zero-order valence-corrected chi connectivity index (χ0v) is 15.3. The molecule has 0 spiro atoms. The van der Waals surface area contributed by atoms with E-state index >= 15 is 0 Å². The topological polar surface area (TPSA) is 81.8 Å². The van der Waals surface area contributed by atoms with Crippen molar-refractivity contribution in [3.8, 4) is 0 Å². The van der Waals surface area contributed by atoms with Gasteiger partial charge in [0.15, 0.2) is 0 Å². The van der Waals surface area contributed by atoms with Crippen LogP contribution in [-0.4, -0.2) is 41.3 Å². The van der Waals surface area contributed by atoms with Crippen molar-refractivity contribution in [2.24, 2.45) is 0 Å². The number of hydrazine groups is 1. The Morgan fingerprint density at radius 1 is 1.07 bits per heavy atom. The molecule has 1 aliphatic heterocycles. The Morgan fingerprint density at radius 2 is 1.67 bits per heavy atom. The molecule has 1 atom stereocenters. The van der Waals surface area contributed by atoms with Crippen LogP contribution in [0, 0.1) is 0 Å². The summed E-state index contributed by atoms with van der Waals surface area (Å²) >= 11 is 0. The van der Waals surface area contributed by atoms with Crippen LogP contribution < -0.4 is 10.7 Å². The summed E-state index contributed by atoms with van der Waals surface area (Å²) in [7, 11) is 1.80. The summed E-state index contributed by atoms with van der Waals surface area (Å²) in [6.45, 7) is 2.25. The van der Waals surface area contributed by atoms with Gasteiger partial charge in [0.2, 0.25) is 0 Å². The molecule has 1 heterocycles. The van der Waals surface area contributed by atoms with Gasteiger partial charge in [0.05, 0.1) is 6.54 Å². The summed E-state index contributed by atoms with van der Waals surface area (Å²) in [4.78, 5) is 39.1. The molecule has 0 unspecified atom stereocenters. The van der Waals surface area contributed by atoms with E-state index in [1.807, 2.05) is 36.4 Å². The zero-order chi connectivity index (χ0) is 19.4. The van der Waals surface area contributed by atoms with Gasteiger partial charge in [0, 0.05) is 6.54 Å². The van der Waals surface area contributed by atoms with Gasteiger partial charge in [-0.25, -0.2) is 4.79 Å². The van der Waals surface area contributed by atoms with Gasteiger partial charge in [-0.2, -0.15) is 5.01 Å². The maximum absolute atomic E-state index is 12.8. The van der Waals surface area contributed by atoms with Crippen LogP contribution in [0.15, 0.2) is 60.7 Å². The molecule has 0 bridgehead atoms. The minimum absolute atomic E-state index is 0.0496. The SMILES string of the molecule is CN(CC(=O)NN1C(=O)N[C@](C)(c2ccccc2)C1=O)Cc1ccccc1. The second kappa shape index (κ2) is 7.59.